The van der Waals surface area contributed by atoms with E-state index in [1.807, 2.05) is 12.3 Å². The molecule has 1 heterocycles. The molecule has 120 valence electrons. The van der Waals surface area contributed by atoms with Gasteiger partial charge in [0.15, 0.2) is 9.84 Å². The lowest BCUT2D eigenvalue weighted by Gasteiger charge is -2.21. The molecule has 1 aromatic heterocycles. The molecular formula is C15H19FN2O2S2. The summed E-state index contributed by atoms with van der Waals surface area (Å²) in [5.41, 5.74) is 0.708. The third-order valence-corrected chi connectivity index (χ3v) is 5.48. The van der Waals surface area contributed by atoms with Crippen molar-refractivity contribution in [2.75, 3.05) is 6.26 Å². The maximum Gasteiger partial charge on any atom is 0.178 e. The van der Waals surface area contributed by atoms with Crippen LogP contribution in [-0.4, -0.2) is 19.7 Å². The van der Waals surface area contributed by atoms with E-state index in [1.54, 1.807) is 23.6 Å². The van der Waals surface area contributed by atoms with Gasteiger partial charge in [-0.25, -0.2) is 17.8 Å². The number of rotatable bonds is 6. The first-order valence-electron chi connectivity index (χ1n) is 6.98. The highest BCUT2D eigenvalue weighted by Crippen LogP contribution is 2.25. The molecule has 1 N–H and O–H groups in total. The van der Waals surface area contributed by atoms with E-state index >= 15 is 0 Å². The van der Waals surface area contributed by atoms with Gasteiger partial charge < -0.3 is 5.32 Å². The van der Waals surface area contributed by atoms with Crippen LogP contribution in [0.25, 0.3) is 0 Å². The second kappa shape index (κ2) is 6.85. The molecule has 2 rings (SSSR count). The smallest absolute Gasteiger partial charge is 0.178 e. The minimum atomic E-state index is -3.54. The van der Waals surface area contributed by atoms with Crippen molar-refractivity contribution in [3.8, 4) is 0 Å². The minimum Gasteiger partial charge on any atom is -0.301 e. The minimum absolute atomic E-state index is 0.0904. The van der Waals surface area contributed by atoms with Crippen LogP contribution in [0.2, 0.25) is 0 Å². The lowest BCUT2D eigenvalue weighted by atomic mass is 10.1. The molecule has 0 fully saturated rings. The predicted molar refractivity (Wildman–Crippen MR) is 86.2 cm³/mol. The Hall–Kier alpha value is -1.31. The average Bonchev–Trinajstić information content (AvgIpc) is 2.96. The van der Waals surface area contributed by atoms with Gasteiger partial charge in [0.05, 0.1) is 6.04 Å². The molecule has 0 aliphatic carbocycles. The molecule has 0 amide bonds. The van der Waals surface area contributed by atoms with Crippen molar-refractivity contribution in [3.63, 3.8) is 0 Å². The van der Waals surface area contributed by atoms with Gasteiger partial charge in [-0.3, -0.25) is 0 Å². The van der Waals surface area contributed by atoms with E-state index in [0.717, 1.165) is 17.7 Å². The summed E-state index contributed by atoms with van der Waals surface area (Å²) in [5.74, 6) is -0.712. The van der Waals surface area contributed by atoms with Crippen LogP contribution in [0.4, 0.5) is 4.39 Å². The van der Waals surface area contributed by atoms with Gasteiger partial charge >= 0.3 is 0 Å². The zero-order valence-electron chi connectivity index (χ0n) is 12.7. The first kappa shape index (κ1) is 17.1. The molecule has 2 unspecified atom stereocenters. The van der Waals surface area contributed by atoms with Crippen LogP contribution in [-0.2, 0) is 9.84 Å². The van der Waals surface area contributed by atoms with E-state index in [4.69, 9.17) is 0 Å². The Morgan fingerprint density at radius 2 is 2.14 bits per heavy atom. The fraction of sp³-hybridized carbons (Fsp3) is 0.400. The largest absolute Gasteiger partial charge is 0.301 e. The molecule has 0 saturated carbocycles. The quantitative estimate of drug-likeness (QED) is 0.873. The fourth-order valence-electron chi connectivity index (χ4n) is 2.26. The lowest BCUT2D eigenvalue weighted by Crippen LogP contribution is -2.24. The Morgan fingerprint density at radius 1 is 1.41 bits per heavy atom. The summed E-state index contributed by atoms with van der Waals surface area (Å²) >= 11 is 1.57. The molecule has 2 aromatic rings. The monoisotopic (exact) mass is 342 g/mol. The molecule has 0 bridgehead atoms. The number of thiazole rings is 1. The van der Waals surface area contributed by atoms with Crippen LogP contribution in [0.3, 0.4) is 0 Å². The number of hydrogen-bond acceptors (Lipinski definition) is 5. The third kappa shape index (κ3) is 3.91. The summed E-state index contributed by atoms with van der Waals surface area (Å²) < 4.78 is 36.9. The first-order valence-corrected chi connectivity index (χ1v) is 9.75. The van der Waals surface area contributed by atoms with Crippen molar-refractivity contribution in [3.05, 3.63) is 46.2 Å². The van der Waals surface area contributed by atoms with Crippen LogP contribution >= 0.6 is 11.3 Å². The van der Waals surface area contributed by atoms with E-state index in [2.05, 4.69) is 17.2 Å². The van der Waals surface area contributed by atoms with Gasteiger partial charge in [0.2, 0.25) is 0 Å². The van der Waals surface area contributed by atoms with Crippen LogP contribution < -0.4 is 5.32 Å². The number of sulfone groups is 1. The van der Waals surface area contributed by atoms with Crippen LogP contribution in [0, 0.1) is 5.82 Å². The van der Waals surface area contributed by atoms with E-state index in [-0.39, 0.29) is 17.0 Å². The predicted octanol–water partition coefficient (Wildman–Crippen LogP) is 3.49. The molecule has 0 aliphatic heterocycles. The number of nitrogens with zero attached hydrogens (tertiary/aromatic N) is 1. The zero-order chi connectivity index (χ0) is 16.3. The summed E-state index contributed by atoms with van der Waals surface area (Å²) in [4.78, 5) is 4.03. The second-order valence-electron chi connectivity index (χ2n) is 5.18. The Labute approximate surface area is 134 Å². The van der Waals surface area contributed by atoms with Crippen LogP contribution in [0.1, 0.15) is 42.9 Å². The molecular weight excluding hydrogens is 323 g/mol. The molecule has 0 radical (unpaired) electrons. The van der Waals surface area contributed by atoms with Gasteiger partial charge in [-0.2, -0.15) is 0 Å². The SMILES string of the molecule is CCC(NC(C)c1ccc(S(C)(=O)=O)c(F)c1)c1nccs1. The summed E-state index contributed by atoms with van der Waals surface area (Å²) in [6, 6.07) is 4.22. The second-order valence-corrected chi connectivity index (χ2v) is 8.09. The van der Waals surface area contributed by atoms with Gasteiger partial charge in [0.1, 0.15) is 15.7 Å². The molecule has 4 nitrogen and oxygen atoms in total. The summed E-state index contributed by atoms with van der Waals surface area (Å²) in [6.07, 6.45) is 3.62. The Morgan fingerprint density at radius 3 is 2.64 bits per heavy atom. The molecule has 2 atom stereocenters. The highest BCUT2D eigenvalue weighted by Gasteiger charge is 2.19. The summed E-state index contributed by atoms with van der Waals surface area (Å²) in [5, 5.41) is 6.31. The number of nitrogens with one attached hydrogen (secondary N) is 1. The van der Waals surface area contributed by atoms with Gasteiger partial charge in [0, 0.05) is 23.9 Å². The molecule has 7 heteroatoms. The van der Waals surface area contributed by atoms with Gasteiger partial charge in [-0.15, -0.1) is 11.3 Å². The van der Waals surface area contributed by atoms with E-state index in [1.165, 1.54) is 12.1 Å². The zero-order valence-corrected chi connectivity index (χ0v) is 14.3. The summed E-state index contributed by atoms with van der Waals surface area (Å²) in [7, 11) is -3.54. The fourth-order valence-corrected chi connectivity index (χ4v) is 3.77. The third-order valence-electron chi connectivity index (χ3n) is 3.46. The van der Waals surface area contributed by atoms with E-state index in [0.29, 0.717) is 5.56 Å². The molecule has 1 aromatic carbocycles. The van der Waals surface area contributed by atoms with Crippen molar-refractivity contribution >= 4 is 21.2 Å². The maximum absolute atomic E-state index is 14.0. The van der Waals surface area contributed by atoms with Crippen molar-refractivity contribution < 1.29 is 12.8 Å². The van der Waals surface area contributed by atoms with Crippen LogP contribution in [0.15, 0.2) is 34.7 Å². The first-order chi connectivity index (χ1) is 10.3. The number of hydrogen-bond donors (Lipinski definition) is 1. The number of aromatic nitrogens is 1. The highest BCUT2D eigenvalue weighted by molar-refractivity contribution is 7.90. The van der Waals surface area contributed by atoms with Crippen LogP contribution in [0.5, 0.6) is 0 Å². The maximum atomic E-state index is 14.0. The van der Waals surface area contributed by atoms with Gasteiger partial charge in [-0.1, -0.05) is 13.0 Å². The number of halogens is 1. The van der Waals surface area contributed by atoms with Gasteiger partial charge in [-0.05, 0) is 31.0 Å². The summed E-state index contributed by atoms with van der Waals surface area (Å²) in [6.45, 7) is 3.98. The normalized spacial score (nSPS) is 14.7. The Bertz CT molecular complexity index is 730. The van der Waals surface area contributed by atoms with E-state index in [9.17, 15) is 12.8 Å². The molecule has 0 spiro atoms. The lowest BCUT2D eigenvalue weighted by molar-refractivity contribution is 0.452. The average molecular weight is 342 g/mol. The molecule has 0 aliphatic rings. The van der Waals surface area contributed by atoms with Gasteiger partial charge in [0.25, 0.3) is 0 Å². The molecule has 22 heavy (non-hydrogen) atoms. The highest BCUT2D eigenvalue weighted by atomic mass is 32.2. The molecule has 0 saturated heterocycles. The van der Waals surface area contributed by atoms with E-state index < -0.39 is 15.7 Å². The standard InChI is InChI=1S/C15H19FN2O2S2/c1-4-13(15-17-7-8-21-15)18-10(2)11-5-6-14(12(16)9-11)22(3,19)20/h5-10,13,18H,4H2,1-3H3. The van der Waals surface area contributed by atoms with Crippen molar-refractivity contribution in [2.24, 2.45) is 0 Å². The van der Waals surface area contributed by atoms with Crippen molar-refractivity contribution in [1.29, 1.82) is 0 Å². The number of benzene rings is 1. The Balaban J connectivity index is 2.19. The Kier molecular flexibility index (Phi) is 5.31. The van der Waals surface area contributed by atoms with Crippen molar-refractivity contribution in [2.45, 2.75) is 37.2 Å². The van der Waals surface area contributed by atoms with Crippen molar-refractivity contribution in [1.82, 2.24) is 10.3 Å². The topological polar surface area (TPSA) is 59.1 Å².